The van der Waals surface area contributed by atoms with E-state index in [1.165, 1.54) is 19.6 Å². The molecule has 96 valence electrons. The van der Waals surface area contributed by atoms with E-state index in [1.54, 1.807) is 0 Å². The van der Waals surface area contributed by atoms with Crippen molar-refractivity contribution in [3.8, 4) is 0 Å². The van der Waals surface area contributed by atoms with Crippen LogP contribution >= 0.6 is 0 Å². The highest BCUT2D eigenvalue weighted by Crippen LogP contribution is 2.25. The van der Waals surface area contributed by atoms with Crippen molar-refractivity contribution in [3.05, 3.63) is 0 Å². The predicted octanol–water partition coefficient (Wildman–Crippen LogP) is 1.42. The Morgan fingerprint density at radius 2 is 1.94 bits per heavy atom. The smallest absolute Gasteiger partial charge is 0.0443 e. The fraction of sp³-hybridized carbons (Fsp3) is 1.00. The van der Waals surface area contributed by atoms with Crippen LogP contribution in [0.1, 0.15) is 34.1 Å². The second-order valence-corrected chi connectivity index (χ2v) is 5.91. The van der Waals surface area contributed by atoms with E-state index in [0.29, 0.717) is 12.1 Å². The summed E-state index contributed by atoms with van der Waals surface area (Å²) in [6.45, 7) is 15.2. The molecule has 3 heteroatoms. The third-order valence-corrected chi connectivity index (χ3v) is 3.50. The van der Waals surface area contributed by atoms with Gasteiger partial charge in [0.15, 0.2) is 0 Å². The second-order valence-electron chi connectivity index (χ2n) is 5.91. The van der Waals surface area contributed by atoms with Crippen LogP contribution in [0.15, 0.2) is 0 Å². The summed E-state index contributed by atoms with van der Waals surface area (Å²) in [5.41, 5.74) is 0.332. The summed E-state index contributed by atoms with van der Waals surface area (Å²) in [5.74, 6) is 0.831. The first-order chi connectivity index (χ1) is 7.47. The zero-order valence-corrected chi connectivity index (χ0v) is 11.4. The van der Waals surface area contributed by atoms with E-state index in [0.717, 1.165) is 25.4 Å². The Bertz CT molecular complexity index is 195. The number of hydrogen-bond donors (Lipinski definition) is 1. The standard InChI is InChI=1S/C13H28N2O/c1-5-14(7-6-8-16)9-12-10-15(11-12)13(2,3)4/h12,16H,5-11H2,1-4H3. The lowest BCUT2D eigenvalue weighted by atomic mass is 9.92. The second kappa shape index (κ2) is 5.99. The molecule has 0 aliphatic carbocycles. The highest BCUT2D eigenvalue weighted by molar-refractivity contribution is 4.89. The molecule has 1 saturated heterocycles. The molecule has 0 aromatic carbocycles. The molecule has 0 radical (unpaired) electrons. The van der Waals surface area contributed by atoms with Gasteiger partial charge in [0.25, 0.3) is 0 Å². The summed E-state index contributed by atoms with van der Waals surface area (Å²) in [6, 6.07) is 0. The zero-order chi connectivity index (χ0) is 12.2. The van der Waals surface area contributed by atoms with Crippen LogP contribution in [0.25, 0.3) is 0 Å². The van der Waals surface area contributed by atoms with E-state index in [9.17, 15) is 0 Å². The summed E-state index contributed by atoms with van der Waals surface area (Å²) in [7, 11) is 0. The lowest BCUT2D eigenvalue weighted by Crippen LogP contribution is -2.58. The average Bonchev–Trinajstić information content (AvgIpc) is 2.13. The van der Waals surface area contributed by atoms with Gasteiger partial charge in [0.05, 0.1) is 0 Å². The summed E-state index contributed by atoms with van der Waals surface area (Å²) < 4.78 is 0. The van der Waals surface area contributed by atoms with Crippen LogP contribution in [0, 0.1) is 5.92 Å². The van der Waals surface area contributed by atoms with Gasteiger partial charge < -0.3 is 10.0 Å². The number of nitrogens with zero attached hydrogens (tertiary/aromatic N) is 2. The first-order valence-electron chi connectivity index (χ1n) is 6.55. The molecule has 0 aromatic heterocycles. The Morgan fingerprint density at radius 1 is 1.31 bits per heavy atom. The maximum atomic E-state index is 8.83. The Morgan fingerprint density at radius 3 is 2.38 bits per heavy atom. The van der Waals surface area contributed by atoms with Gasteiger partial charge in [-0.05, 0) is 39.7 Å². The van der Waals surface area contributed by atoms with E-state index in [1.807, 2.05) is 0 Å². The number of hydrogen-bond acceptors (Lipinski definition) is 3. The highest BCUT2D eigenvalue weighted by Gasteiger charge is 2.34. The molecule has 0 spiro atoms. The zero-order valence-electron chi connectivity index (χ0n) is 11.4. The monoisotopic (exact) mass is 228 g/mol. The molecule has 1 aliphatic heterocycles. The Hall–Kier alpha value is -0.120. The normalized spacial score (nSPS) is 19.1. The Kier molecular flexibility index (Phi) is 5.22. The quantitative estimate of drug-likeness (QED) is 0.745. The maximum absolute atomic E-state index is 8.83. The van der Waals surface area contributed by atoms with Crippen molar-refractivity contribution in [1.82, 2.24) is 9.80 Å². The molecule has 0 unspecified atom stereocenters. The summed E-state index contributed by atoms with van der Waals surface area (Å²) in [5, 5.41) is 8.83. The third kappa shape index (κ3) is 4.04. The van der Waals surface area contributed by atoms with Crippen LogP contribution in [0.5, 0.6) is 0 Å². The summed E-state index contributed by atoms with van der Waals surface area (Å²) in [4.78, 5) is 5.00. The number of rotatable bonds is 6. The third-order valence-electron chi connectivity index (χ3n) is 3.50. The largest absolute Gasteiger partial charge is 0.396 e. The molecule has 16 heavy (non-hydrogen) atoms. The van der Waals surface area contributed by atoms with Crippen LogP contribution in [0.4, 0.5) is 0 Å². The maximum Gasteiger partial charge on any atom is 0.0443 e. The van der Waals surface area contributed by atoms with E-state index >= 15 is 0 Å². The molecular formula is C13H28N2O. The van der Waals surface area contributed by atoms with Gasteiger partial charge >= 0.3 is 0 Å². The molecule has 1 heterocycles. The molecule has 1 N–H and O–H groups in total. The fourth-order valence-electron chi connectivity index (χ4n) is 2.27. The van der Waals surface area contributed by atoms with Gasteiger partial charge in [0, 0.05) is 38.3 Å². The lowest BCUT2D eigenvalue weighted by Gasteiger charge is -2.49. The van der Waals surface area contributed by atoms with Crippen LogP contribution in [0.2, 0.25) is 0 Å². The van der Waals surface area contributed by atoms with Gasteiger partial charge in [-0.3, -0.25) is 4.90 Å². The molecule has 1 aliphatic rings. The fourth-order valence-corrected chi connectivity index (χ4v) is 2.27. The molecule has 3 nitrogen and oxygen atoms in total. The van der Waals surface area contributed by atoms with E-state index in [-0.39, 0.29) is 0 Å². The van der Waals surface area contributed by atoms with Gasteiger partial charge in [-0.2, -0.15) is 0 Å². The molecule has 0 atom stereocenters. The van der Waals surface area contributed by atoms with Gasteiger partial charge in [-0.15, -0.1) is 0 Å². The average molecular weight is 228 g/mol. The van der Waals surface area contributed by atoms with E-state index in [2.05, 4.69) is 37.5 Å². The first-order valence-corrected chi connectivity index (χ1v) is 6.55. The summed E-state index contributed by atoms with van der Waals surface area (Å²) >= 11 is 0. The molecule has 0 bridgehead atoms. The van der Waals surface area contributed by atoms with Crippen molar-refractivity contribution in [3.63, 3.8) is 0 Å². The van der Waals surface area contributed by atoms with Crippen LogP contribution < -0.4 is 0 Å². The summed E-state index contributed by atoms with van der Waals surface area (Å²) in [6.07, 6.45) is 0.906. The number of aliphatic hydroxyl groups excluding tert-OH is 1. The lowest BCUT2D eigenvalue weighted by molar-refractivity contribution is -0.00178. The van der Waals surface area contributed by atoms with Gasteiger partial charge in [0.2, 0.25) is 0 Å². The van der Waals surface area contributed by atoms with E-state index in [4.69, 9.17) is 5.11 Å². The number of aliphatic hydroxyl groups is 1. The van der Waals surface area contributed by atoms with Gasteiger partial charge in [0.1, 0.15) is 0 Å². The molecule has 1 rings (SSSR count). The van der Waals surface area contributed by atoms with Crippen molar-refractivity contribution in [2.45, 2.75) is 39.7 Å². The Balaban J connectivity index is 2.20. The van der Waals surface area contributed by atoms with Crippen molar-refractivity contribution in [1.29, 1.82) is 0 Å². The highest BCUT2D eigenvalue weighted by atomic mass is 16.3. The van der Waals surface area contributed by atoms with Crippen molar-refractivity contribution in [2.24, 2.45) is 5.92 Å². The minimum atomic E-state index is 0.315. The molecule has 1 fully saturated rings. The van der Waals surface area contributed by atoms with Gasteiger partial charge in [-0.25, -0.2) is 0 Å². The topological polar surface area (TPSA) is 26.7 Å². The van der Waals surface area contributed by atoms with E-state index < -0.39 is 0 Å². The molecule has 0 amide bonds. The van der Waals surface area contributed by atoms with Crippen LogP contribution in [0.3, 0.4) is 0 Å². The SMILES string of the molecule is CCN(CCCO)CC1CN(C(C)(C)C)C1. The first kappa shape index (κ1) is 13.9. The van der Waals surface area contributed by atoms with Crippen molar-refractivity contribution >= 4 is 0 Å². The van der Waals surface area contributed by atoms with Crippen LogP contribution in [-0.4, -0.2) is 59.8 Å². The minimum absolute atomic E-state index is 0.315. The molecular weight excluding hydrogens is 200 g/mol. The number of likely N-dealkylation sites (tertiary alicyclic amines) is 1. The molecule has 0 saturated carbocycles. The van der Waals surface area contributed by atoms with Crippen LogP contribution in [-0.2, 0) is 0 Å². The molecule has 0 aromatic rings. The van der Waals surface area contributed by atoms with Gasteiger partial charge in [-0.1, -0.05) is 6.92 Å². The van der Waals surface area contributed by atoms with Crippen molar-refractivity contribution in [2.75, 3.05) is 39.3 Å². The predicted molar refractivity (Wildman–Crippen MR) is 68.6 cm³/mol. The minimum Gasteiger partial charge on any atom is -0.396 e. The van der Waals surface area contributed by atoms with Crippen molar-refractivity contribution < 1.29 is 5.11 Å². The Labute approximate surface area is 100 Å².